The molecule has 7 aromatic carbocycles. The first-order valence-corrected chi connectivity index (χ1v) is 15.3. The number of halogens is 1. The van der Waals surface area contributed by atoms with Crippen LogP contribution in [0.5, 0.6) is 0 Å². The maximum atomic E-state index is 3.89. The number of hydrogen-bond acceptors (Lipinski definition) is 1. The Kier molecular flexibility index (Phi) is 6.31. The van der Waals surface area contributed by atoms with Crippen molar-refractivity contribution in [2.24, 2.45) is 0 Å². The van der Waals surface area contributed by atoms with Crippen molar-refractivity contribution in [3.63, 3.8) is 0 Å². The van der Waals surface area contributed by atoms with Gasteiger partial charge in [-0.15, -0.1) is 0 Å². The minimum atomic E-state index is 1.02. The first-order chi connectivity index (χ1) is 21.2. The minimum Gasteiger partial charge on any atom is -0.310 e. The monoisotopic (exact) mass is 614 g/mol. The van der Waals surface area contributed by atoms with Crippen LogP contribution in [0.4, 0.5) is 17.1 Å². The molecular weight excluding hydrogens is 588 g/mol. The molecular formula is C40H27BrN2. The van der Waals surface area contributed by atoms with Gasteiger partial charge >= 0.3 is 0 Å². The number of nitrogens with zero attached hydrogens (tertiary/aromatic N) is 2. The lowest BCUT2D eigenvalue weighted by atomic mass is 10.0. The summed E-state index contributed by atoms with van der Waals surface area (Å²) in [5, 5.41) is 4.92. The van der Waals surface area contributed by atoms with Crippen LogP contribution >= 0.6 is 15.9 Å². The van der Waals surface area contributed by atoms with E-state index in [0.717, 1.165) is 27.2 Å². The highest BCUT2D eigenvalue weighted by Crippen LogP contribution is 2.42. The third kappa shape index (κ3) is 4.50. The molecule has 0 N–H and O–H groups in total. The van der Waals surface area contributed by atoms with Gasteiger partial charge in [0.1, 0.15) is 0 Å². The SMILES string of the molecule is Brc1cc(N(c2ccc(-c3ccccc3)cc2)c2cccc3ccccc23)cc(-n2c3ccccc3c3ccccc32)c1. The van der Waals surface area contributed by atoms with Gasteiger partial charge < -0.3 is 9.47 Å². The van der Waals surface area contributed by atoms with Gasteiger partial charge in [0.15, 0.2) is 0 Å². The second-order valence-corrected chi connectivity index (χ2v) is 11.7. The fourth-order valence-electron chi connectivity index (χ4n) is 6.28. The van der Waals surface area contributed by atoms with Crippen molar-refractivity contribution < 1.29 is 0 Å². The topological polar surface area (TPSA) is 8.17 Å². The second-order valence-electron chi connectivity index (χ2n) is 10.8. The summed E-state index contributed by atoms with van der Waals surface area (Å²) in [4.78, 5) is 2.37. The Morgan fingerprint density at radius 1 is 0.442 bits per heavy atom. The molecule has 1 aromatic heterocycles. The number of hydrogen-bond donors (Lipinski definition) is 0. The van der Waals surface area contributed by atoms with Crippen molar-refractivity contribution in [3.05, 3.63) is 168 Å². The first-order valence-electron chi connectivity index (χ1n) is 14.5. The molecule has 0 aliphatic heterocycles. The number of fused-ring (bicyclic) bond motifs is 4. The van der Waals surface area contributed by atoms with Crippen LogP contribution < -0.4 is 4.90 Å². The summed E-state index contributed by atoms with van der Waals surface area (Å²) < 4.78 is 3.40. The van der Waals surface area contributed by atoms with Gasteiger partial charge in [0.2, 0.25) is 0 Å². The number of rotatable bonds is 5. The Labute approximate surface area is 259 Å². The zero-order chi connectivity index (χ0) is 28.8. The quantitative estimate of drug-likeness (QED) is 0.187. The van der Waals surface area contributed by atoms with Gasteiger partial charge in [-0.2, -0.15) is 0 Å². The molecule has 43 heavy (non-hydrogen) atoms. The Morgan fingerprint density at radius 2 is 1.02 bits per heavy atom. The number of benzene rings is 7. The first kappa shape index (κ1) is 25.6. The van der Waals surface area contributed by atoms with Crippen LogP contribution in [0.1, 0.15) is 0 Å². The maximum Gasteiger partial charge on any atom is 0.0541 e. The second kappa shape index (κ2) is 10.6. The van der Waals surface area contributed by atoms with E-state index >= 15 is 0 Å². The van der Waals surface area contributed by atoms with E-state index in [2.05, 4.69) is 189 Å². The Morgan fingerprint density at radius 3 is 1.74 bits per heavy atom. The van der Waals surface area contributed by atoms with Crippen LogP contribution in [0.15, 0.2) is 168 Å². The van der Waals surface area contributed by atoms with Crippen molar-refractivity contribution in [3.8, 4) is 16.8 Å². The van der Waals surface area contributed by atoms with Crippen LogP contribution in [-0.2, 0) is 0 Å². The highest BCUT2D eigenvalue weighted by atomic mass is 79.9. The van der Waals surface area contributed by atoms with E-state index in [4.69, 9.17) is 0 Å². The zero-order valence-corrected chi connectivity index (χ0v) is 24.9. The lowest BCUT2D eigenvalue weighted by Gasteiger charge is -2.28. The van der Waals surface area contributed by atoms with Crippen molar-refractivity contribution in [2.75, 3.05) is 4.90 Å². The standard InChI is InChI=1S/C40H27BrN2/c41-31-25-33(27-34(26-31)43-39-18-8-6-16-36(39)37-17-7-9-19-40(37)43)42(38-20-10-14-30-13-4-5-15-35(30)38)32-23-21-29(22-24-32)28-11-2-1-3-12-28/h1-27H. The zero-order valence-electron chi connectivity index (χ0n) is 23.4. The molecule has 0 aliphatic rings. The van der Waals surface area contributed by atoms with E-state index in [0.29, 0.717) is 0 Å². The van der Waals surface area contributed by atoms with E-state index in [1.807, 2.05) is 0 Å². The molecule has 0 saturated carbocycles. The molecule has 0 fully saturated rings. The molecule has 0 unspecified atom stereocenters. The largest absolute Gasteiger partial charge is 0.310 e. The Hall–Kier alpha value is -5.12. The summed E-state index contributed by atoms with van der Waals surface area (Å²) >= 11 is 3.89. The van der Waals surface area contributed by atoms with Crippen molar-refractivity contribution in [1.82, 2.24) is 4.57 Å². The molecule has 0 saturated heterocycles. The van der Waals surface area contributed by atoms with E-state index in [9.17, 15) is 0 Å². The lowest BCUT2D eigenvalue weighted by molar-refractivity contribution is 1.17. The van der Waals surface area contributed by atoms with E-state index in [-0.39, 0.29) is 0 Å². The van der Waals surface area contributed by atoms with E-state index < -0.39 is 0 Å². The number of aromatic nitrogens is 1. The summed E-state index contributed by atoms with van der Waals surface area (Å²) in [6.07, 6.45) is 0. The van der Waals surface area contributed by atoms with E-state index in [1.54, 1.807) is 0 Å². The maximum absolute atomic E-state index is 3.89. The molecule has 0 amide bonds. The molecule has 8 aromatic rings. The fourth-order valence-corrected chi connectivity index (χ4v) is 6.75. The van der Waals surface area contributed by atoms with Crippen LogP contribution in [0.2, 0.25) is 0 Å². The highest BCUT2D eigenvalue weighted by molar-refractivity contribution is 9.10. The number of anilines is 3. The van der Waals surface area contributed by atoms with Gasteiger partial charge in [-0.3, -0.25) is 0 Å². The summed E-state index contributed by atoms with van der Waals surface area (Å²) in [5.74, 6) is 0. The van der Waals surface area contributed by atoms with Gasteiger partial charge in [0.25, 0.3) is 0 Å². The molecule has 0 spiro atoms. The molecule has 3 heteroatoms. The smallest absolute Gasteiger partial charge is 0.0541 e. The van der Waals surface area contributed by atoms with Gasteiger partial charge in [0.05, 0.1) is 16.7 Å². The average Bonchev–Trinajstić information content (AvgIpc) is 3.40. The summed E-state index contributed by atoms with van der Waals surface area (Å²) in [6.45, 7) is 0. The Bertz CT molecular complexity index is 2190. The van der Waals surface area contributed by atoms with Gasteiger partial charge in [-0.1, -0.05) is 131 Å². The molecule has 0 bridgehead atoms. The fraction of sp³-hybridized carbons (Fsp3) is 0. The van der Waals surface area contributed by atoms with Crippen LogP contribution in [0, 0.1) is 0 Å². The number of para-hydroxylation sites is 2. The summed E-state index contributed by atoms with van der Waals surface area (Å²) in [5.41, 5.74) is 9.21. The molecule has 0 atom stereocenters. The predicted octanol–water partition coefficient (Wildman–Crippen LogP) is 11.8. The van der Waals surface area contributed by atoms with Crippen LogP contribution in [0.3, 0.4) is 0 Å². The average molecular weight is 616 g/mol. The molecule has 204 valence electrons. The van der Waals surface area contributed by atoms with Gasteiger partial charge in [0, 0.05) is 37.7 Å². The molecule has 1 heterocycles. The normalized spacial score (nSPS) is 11.4. The molecule has 0 aliphatic carbocycles. The predicted molar refractivity (Wildman–Crippen MR) is 186 cm³/mol. The van der Waals surface area contributed by atoms with Crippen LogP contribution in [0.25, 0.3) is 49.4 Å². The minimum absolute atomic E-state index is 1.02. The van der Waals surface area contributed by atoms with Crippen molar-refractivity contribution in [1.29, 1.82) is 0 Å². The van der Waals surface area contributed by atoms with E-state index in [1.165, 1.54) is 43.7 Å². The molecule has 2 nitrogen and oxygen atoms in total. The third-order valence-electron chi connectivity index (χ3n) is 8.20. The summed E-state index contributed by atoms with van der Waals surface area (Å²) in [7, 11) is 0. The Balaban J connectivity index is 1.36. The molecule has 8 rings (SSSR count). The van der Waals surface area contributed by atoms with Crippen molar-refractivity contribution in [2.45, 2.75) is 0 Å². The highest BCUT2D eigenvalue weighted by Gasteiger charge is 2.19. The molecule has 0 radical (unpaired) electrons. The van der Waals surface area contributed by atoms with Gasteiger partial charge in [-0.05, 0) is 65.0 Å². The van der Waals surface area contributed by atoms with Crippen molar-refractivity contribution >= 4 is 65.6 Å². The van der Waals surface area contributed by atoms with Gasteiger partial charge in [-0.25, -0.2) is 0 Å². The van der Waals surface area contributed by atoms with Crippen LogP contribution in [-0.4, -0.2) is 4.57 Å². The summed E-state index contributed by atoms with van der Waals surface area (Å²) in [6, 6.07) is 58.6. The third-order valence-corrected chi connectivity index (χ3v) is 8.66. The lowest BCUT2D eigenvalue weighted by Crippen LogP contribution is -2.11.